The van der Waals surface area contributed by atoms with Crippen LogP contribution in [0.5, 0.6) is 5.75 Å². The van der Waals surface area contributed by atoms with Crippen LogP contribution in [-0.2, 0) is 11.3 Å². The van der Waals surface area contributed by atoms with E-state index in [2.05, 4.69) is 5.32 Å². The van der Waals surface area contributed by atoms with Crippen LogP contribution < -0.4 is 10.1 Å². The van der Waals surface area contributed by atoms with Crippen molar-refractivity contribution in [1.82, 2.24) is 0 Å². The maximum absolute atomic E-state index is 11.6. The van der Waals surface area contributed by atoms with E-state index in [9.17, 15) is 24.8 Å². The summed E-state index contributed by atoms with van der Waals surface area (Å²) in [6.07, 6.45) is 0. The Morgan fingerprint density at radius 2 is 1.90 bits per heavy atom. The van der Waals surface area contributed by atoms with Gasteiger partial charge < -0.3 is 20.3 Å². The van der Waals surface area contributed by atoms with Gasteiger partial charge in [0.15, 0.2) is 11.5 Å². The second kappa shape index (κ2) is 9.26. The SMILES string of the molecule is Cc1c(-c2cccc(NCc3cccc([N+](=O)[O-])c3)c2)sc(C(=O)O)c1OCC(=O)O. The predicted octanol–water partition coefficient (Wildman–Crippen LogP) is 4.41. The van der Waals surface area contributed by atoms with E-state index in [4.69, 9.17) is 9.84 Å². The molecule has 0 saturated carbocycles. The number of anilines is 1. The quantitative estimate of drug-likeness (QED) is 0.327. The average Bonchev–Trinajstić information content (AvgIpc) is 3.07. The van der Waals surface area contributed by atoms with E-state index < -0.39 is 23.5 Å². The molecule has 2 aromatic carbocycles. The van der Waals surface area contributed by atoms with Crippen molar-refractivity contribution in [3.8, 4) is 16.2 Å². The van der Waals surface area contributed by atoms with Crippen LogP contribution in [-0.4, -0.2) is 33.7 Å². The number of carboxylic acid groups (broad SMARTS) is 2. The third-order valence-corrected chi connectivity index (χ3v) is 5.68. The van der Waals surface area contributed by atoms with Crippen LogP contribution >= 0.6 is 11.3 Å². The number of nitrogens with zero attached hydrogens (tertiary/aromatic N) is 1. The highest BCUT2D eigenvalue weighted by atomic mass is 32.1. The van der Waals surface area contributed by atoms with Gasteiger partial charge in [-0.25, -0.2) is 9.59 Å². The van der Waals surface area contributed by atoms with Gasteiger partial charge in [0.25, 0.3) is 5.69 Å². The summed E-state index contributed by atoms with van der Waals surface area (Å²) in [5.74, 6) is -2.35. The molecule has 10 heteroatoms. The van der Waals surface area contributed by atoms with Crippen LogP contribution in [0.3, 0.4) is 0 Å². The number of carbonyl (C=O) groups is 2. The number of carboxylic acids is 2. The summed E-state index contributed by atoms with van der Waals surface area (Å²) in [6, 6.07) is 13.6. The first-order valence-electron chi connectivity index (χ1n) is 9.05. The maximum atomic E-state index is 11.6. The van der Waals surface area contributed by atoms with Gasteiger partial charge in [-0.05, 0) is 30.2 Å². The van der Waals surface area contributed by atoms with Crippen LogP contribution in [0.25, 0.3) is 10.4 Å². The van der Waals surface area contributed by atoms with Gasteiger partial charge in [-0.3, -0.25) is 10.1 Å². The molecule has 9 nitrogen and oxygen atoms in total. The Labute approximate surface area is 180 Å². The van der Waals surface area contributed by atoms with Crippen molar-refractivity contribution in [3.63, 3.8) is 0 Å². The average molecular weight is 442 g/mol. The molecule has 3 aromatic rings. The number of non-ortho nitro benzene ring substituents is 1. The number of nitro groups is 1. The third-order valence-electron chi connectivity index (χ3n) is 4.37. The van der Waals surface area contributed by atoms with Crippen molar-refractivity contribution in [3.05, 3.63) is 74.6 Å². The number of hydrogen-bond acceptors (Lipinski definition) is 7. The molecule has 0 radical (unpaired) electrons. The van der Waals surface area contributed by atoms with Gasteiger partial charge in [-0.15, -0.1) is 11.3 Å². The highest BCUT2D eigenvalue weighted by Gasteiger charge is 2.23. The van der Waals surface area contributed by atoms with E-state index in [1.54, 1.807) is 25.1 Å². The second-order valence-corrected chi connectivity index (χ2v) is 7.58. The van der Waals surface area contributed by atoms with Crippen molar-refractivity contribution in [1.29, 1.82) is 0 Å². The molecule has 1 aromatic heterocycles. The number of nitro benzene ring substituents is 1. The molecule has 0 amide bonds. The molecule has 0 atom stereocenters. The monoisotopic (exact) mass is 442 g/mol. The van der Waals surface area contributed by atoms with Crippen molar-refractivity contribution < 1.29 is 29.5 Å². The molecule has 3 rings (SSSR count). The first-order valence-corrected chi connectivity index (χ1v) is 9.87. The smallest absolute Gasteiger partial charge is 0.349 e. The molecule has 0 bridgehead atoms. The molecular formula is C21H18N2O7S. The van der Waals surface area contributed by atoms with Crippen LogP contribution in [0.15, 0.2) is 48.5 Å². The molecule has 0 aliphatic rings. The molecule has 0 aliphatic carbocycles. The van der Waals surface area contributed by atoms with Crippen molar-refractivity contribution >= 4 is 34.7 Å². The predicted molar refractivity (Wildman–Crippen MR) is 115 cm³/mol. The minimum atomic E-state index is -1.20. The number of ether oxygens (including phenoxy) is 1. The van der Waals surface area contributed by atoms with E-state index in [0.29, 0.717) is 17.0 Å². The lowest BCUT2D eigenvalue weighted by Crippen LogP contribution is -2.11. The largest absolute Gasteiger partial charge is 0.480 e. The number of thiophene rings is 1. The third kappa shape index (κ3) is 5.17. The standard InChI is InChI=1S/C21H18N2O7S/c1-12-18(30-11-17(24)25)20(21(26)27)31-19(12)14-5-3-6-15(9-14)22-10-13-4-2-7-16(8-13)23(28)29/h2-9,22H,10-11H2,1H3,(H,24,25)(H,26,27). The van der Waals surface area contributed by atoms with Crippen LogP contribution in [0.1, 0.15) is 20.8 Å². The zero-order valence-corrected chi connectivity index (χ0v) is 17.1. The number of rotatable bonds is 9. The molecule has 1 heterocycles. The van der Waals surface area contributed by atoms with Crippen LogP contribution in [0.4, 0.5) is 11.4 Å². The highest BCUT2D eigenvalue weighted by molar-refractivity contribution is 7.18. The molecule has 0 unspecified atom stereocenters. The minimum Gasteiger partial charge on any atom is -0.480 e. The maximum Gasteiger partial charge on any atom is 0.349 e. The lowest BCUT2D eigenvalue weighted by Gasteiger charge is -2.09. The van der Waals surface area contributed by atoms with Gasteiger partial charge in [0.05, 0.1) is 4.92 Å². The van der Waals surface area contributed by atoms with Crippen molar-refractivity contribution in [2.45, 2.75) is 13.5 Å². The number of aliphatic carboxylic acids is 1. The molecule has 31 heavy (non-hydrogen) atoms. The number of aromatic carboxylic acids is 1. The fourth-order valence-electron chi connectivity index (χ4n) is 2.98. The summed E-state index contributed by atoms with van der Waals surface area (Å²) in [4.78, 5) is 33.5. The fraction of sp³-hybridized carbons (Fsp3) is 0.143. The lowest BCUT2D eigenvalue weighted by atomic mass is 10.1. The summed E-state index contributed by atoms with van der Waals surface area (Å²) in [5, 5.41) is 32.4. The van der Waals surface area contributed by atoms with Gasteiger partial charge in [-0.1, -0.05) is 24.3 Å². The Morgan fingerprint density at radius 3 is 2.58 bits per heavy atom. The zero-order valence-electron chi connectivity index (χ0n) is 16.3. The molecule has 160 valence electrons. The Hall–Kier alpha value is -3.92. The zero-order chi connectivity index (χ0) is 22.5. The Balaban J connectivity index is 1.85. The first kappa shape index (κ1) is 21.8. The van der Waals surface area contributed by atoms with Crippen LogP contribution in [0, 0.1) is 17.0 Å². The molecular weight excluding hydrogens is 424 g/mol. The molecule has 3 N–H and O–H groups in total. The molecule has 0 fully saturated rings. The normalized spacial score (nSPS) is 10.5. The fourth-order valence-corrected chi connectivity index (χ4v) is 4.06. The lowest BCUT2D eigenvalue weighted by molar-refractivity contribution is -0.384. The topological polar surface area (TPSA) is 139 Å². The van der Waals surface area contributed by atoms with Crippen LogP contribution in [0.2, 0.25) is 0 Å². The summed E-state index contributed by atoms with van der Waals surface area (Å²) in [6.45, 7) is 1.41. The Bertz CT molecular complexity index is 1160. The van der Waals surface area contributed by atoms with E-state index in [1.807, 2.05) is 18.2 Å². The number of hydrogen-bond donors (Lipinski definition) is 3. The molecule has 0 spiro atoms. The second-order valence-electron chi connectivity index (χ2n) is 6.56. The van der Waals surface area contributed by atoms with E-state index in [0.717, 1.165) is 28.2 Å². The molecule has 0 aliphatic heterocycles. The minimum absolute atomic E-state index is 0.0114. The van der Waals surface area contributed by atoms with Gasteiger partial charge in [0.1, 0.15) is 5.75 Å². The Morgan fingerprint density at radius 1 is 1.16 bits per heavy atom. The van der Waals surface area contributed by atoms with Gasteiger partial charge in [0.2, 0.25) is 0 Å². The highest BCUT2D eigenvalue weighted by Crippen LogP contribution is 2.42. The van der Waals surface area contributed by atoms with Gasteiger partial charge in [-0.2, -0.15) is 0 Å². The first-order chi connectivity index (χ1) is 14.8. The van der Waals surface area contributed by atoms with Crippen molar-refractivity contribution in [2.24, 2.45) is 0 Å². The number of benzene rings is 2. The van der Waals surface area contributed by atoms with E-state index in [1.165, 1.54) is 12.1 Å². The summed E-state index contributed by atoms with van der Waals surface area (Å²) >= 11 is 1.01. The Kier molecular flexibility index (Phi) is 6.51. The van der Waals surface area contributed by atoms with Crippen molar-refractivity contribution in [2.75, 3.05) is 11.9 Å². The van der Waals surface area contributed by atoms with E-state index in [-0.39, 0.29) is 16.3 Å². The van der Waals surface area contributed by atoms with Gasteiger partial charge in [0, 0.05) is 34.8 Å². The summed E-state index contributed by atoms with van der Waals surface area (Å²) < 4.78 is 5.22. The van der Waals surface area contributed by atoms with E-state index >= 15 is 0 Å². The summed E-state index contributed by atoms with van der Waals surface area (Å²) in [5.41, 5.74) is 2.77. The number of nitrogens with one attached hydrogen (secondary N) is 1. The summed E-state index contributed by atoms with van der Waals surface area (Å²) in [7, 11) is 0. The van der Waals surface area contributed by atoms with Gasteiger partial charge >= 0.3 is 11.9 Å². The molecule has 0 saturated heterocycles.